The van der Waals surface area contributed by atoms with Crippen LogP contribution in [0.15, 0.2) is 48.0 Å². The molecule has 1 aliphatic heterocycles. The van der Waals surface area contributed by atoms with Gasteiger partial charge in [-0.25, -0.2) is 0 Å². The number of hydrogen-bond donors (Lipinski definition) is 1. The molecule has 3 rings (SSSR count). The van der Waals surface area contributed by atoms with E-state index in [0.29, 0.717) is 11.6 Å². The van der Waals surface area contributed by atoms with Crippen LogP contribution in [0.5, 0.6) is 0 Å². The second-order valence-electron chi connectivity index (χ2n) is 8.65. The average Bonchev–Trinajstić information content (AvgIpc) is 2.72. The quantitative estimate of drug-likeness (QED) is 0.501. The minimum Gasteiger partial charge on any atom is -0.366 e. The fraction of sp³-hybridized carbons (Fsp3) is 0.385. The fourth-order valence-electron chi connectivity index (χ4n) is 4.53. The summed E-state index contributed by atoms with van der Waals surface area (Å²) < 4.78 is 0. The highest BCUT2D eigenvalue weighted by Gasteiger charge is 2.35. The van der Waals surface area contributed by atoms with Gasteiger partial charge in [0.15, 0.2) is 0 Å². The Morgan fingerprint density at radius 1 is 1.23 bits per heavy atom. The number of anilines is 2. The number of carbonyl (C=O) groups is 1. The third kappa shape index (κ3) is 4.41. The summed E-state index contributed by atoms with van der Waals surface area (Å²) in [6, 6.07) is 16.0. The molecule has 0 radical (unpaired) electrons. The van der Waals surface area contributed by atoms with E-state index in [1.165, 1.54) is 16.8 Å². The Morgan fingerprint density at radius 2 is 1.93 bits per heavy atom. The molecular weight excluding hydrogens is 370 g/mol. The van der Waals surface area contributed by atoms with Crippen molar-refractivity contribution in [3.8, 4) is 6.07 Å². The third-order valence-electron chi connectivity index (χ3n) is 6.02. The molecule has 0 bridgehead atoms. The topological polar surface area (TPSA) is 56.1 Å². The minimum atomic E-state index is -0.385. The van der Waals surface area contributed by atoms with E-state index < -0.39 is 0 Å². The molecule has 0 aliphatic carbocycles. The number of nitrogens with one attached hydrogen (secondary N) is 1. The molecule has 0 spiro atoms. The number of nitriles is 1. The van der Waals surface area contributed by atoms with Gasteiger partial charge in [0.25, 0.3) is 5.91 Å². The van der Waals surface area contributed by atoms with Gasteiger partial charge in [-0.1, -0.05) is 32.0 Å². The lowest BCUT2D eigenvalue weighted by molar-refractivity contribution is -0.112. The third-order valence-corrected chi connectivity index (χ3v) is 6.02. The van der Waals surface area contributed by atoms with E-state index in [-0.39, 0.29) is 17.0 Å². The van der Waals surface area contributed by atoms with Gasteiger partial charge in [0, 0.05) is 23.5 Å². The lowest BCUT2D eigenvalue weighted by Gasteiger charge is -2.47. The van der Waals surface area contributed by atoms with Crippen LogP contribution in [0, 0.1) is 11.3 Å². The molecule has 156 valence electrons. The first kappa shape index (κ1) is 21.6. The first-order chi connectivity index (χ1) is 14.3. The number of amides is 1. The van der Waals surface area contributed by atoms with Crippen molar-refractivity contribution in [1.29, 1.82) is 5.26 Å². The van der Waals surface area contributed by atoms with E-state index in [1.54, 1.807) is 6.08 Å². The molecule has 1 heterocycles. The van der Waals surface area contributed by atoms with Gasteiger partial charge in [0.2, 0.25) is 0 Å². The molecule has 30 heavy (non-hydrogen) atoms. The molecule has 0 saturated heterocycles. The molecule has 1 aliphatic rings. The van der Waals surface area contributed by atoms with Crippen molar-refractivity contribution in [2.75, 3.05) is 16.8 Å². The number of benzene rings is 2. The first-order valence-electron chi connectivity index (χ1n) is 10.7. The van der Waals surface area contributed by atoms with Crippen molar-refractivity contribution in [3.05, 3.63) is 64.7 Å². The highest BCUT2D eigenvalue weighted by molar-refractivity contribution is 6.09. The van der Waals surface area contributed by atoms with Gasteiger partial charge in [-0.15, -0.1) is 0 Å². The van der Waals surface area contributed by atoms with E-state index in [0.717, 1.165) is 24.9 Å². The number of hydrogen-bond acceptors (Lipinski definition) is 3. The van der Waals surface area contributed by atoms with Crippen molar-refractivity contribution in [1.82, 2.24) is 0 Å². The summed E-state index contributed by atoms with van der Waals surface area (Å²) in [6.45, 7) is 12.0. The smallest absolute Gasteiger partial charge is 0.266 e. The van der Waals surface area contributed by atoms with Crippen molar-refractivity contribution < 1.29 is 4.79 Å². The molecule has 0 saturated carbocycles. The Morgan fingerprint density at radius 3 is 2.53 bits per heavy atom. The second kappa shape index (κ2) is 8.75. The zero-order chi connectivity index (χ0) is 21.9. The van der Waals surface area contributed by atoms with Gasteiger partial charge in [0.1, 0.15) is 11.6 Å². The number of aryl methyl sites for hydroxylation is 1. The molecule has 4 heteroatoms. The standard InChI is InChI=1S/C26H31N3O/c1-6-19-8-11-22(12-9-19)28-25(30)21(17-27)14-20-10-13-24-23(15-20)18(3)16-26(4,5)29(24)7-2/h8-15,18H,6-7,16H2,1-5H3,(H,28,30)/b21-14-/t18-/m0/s1. The van der Waals surface area contributed by atoms with E-state index >= 15 is 0 Å². The Balaban J connectivity index is 1.86. The Hall–Kier alpha value is -3.06. The predicted octanol–water partition coefficient (Wildman–Crippen LogP) is 5.91. The van der Waals surface area contributed by atoms with Crippen LogP contribution in [0.1, 0.15) is 63.6 Å². The van der Waals surface area contributed by atoms with Gasteiger partial charge in [-0.05, 0) is 86.6 Å². The molecule has 0 aromatic heterocycles. The van der Waals surface area contributed by atoms with Gasteiger partial charge in [0.05, 0.1) is 0 Å². The maximum atomic E-state index is 12.6. The summed E-state index contributed by atoms with van der Waals surface area (Å²) >= 11 is 0. The lowest BCUT2D eigenvalue weighted by Crippen LogP contribution is -2.48. The van der Waals surface area contributed by atoms with Crippen molar-refractivity contribution in [3.63, 3.8) is 0 Å². The zero-order valence-electron chi connectivity index (χ0n) is 18.6. The van der Waals surface area contributed by atoms with Crippen LogP contribution in [-0.2, 0) is 11.2 Å². The van der Waals surface area contributed by atoms with Gasteiger partial charge in [-0.3, -0.25) is 4.79 Å². The first-order valence-corrected chi connectivity index (χ1v) is 10.7. The summed E-state index contributed by atoms with van der Waals surface area (Å²) in [6.07, 6.45) is 3.69. The van der Waals surface area contributed by atoms with Gasteiger partial charge < -0.3 is 10.2 Å². The Bertz CT molecular complexity index is 996. The largest absolute Gasteiger partial charge is 0.366 e. The highest BCUT2D eigenvalue weighted by Crippen LogP contribution is 2.43. The van der Waals surface area contributed by atoms with Crippen LogP contribution < -0.4 is 10.2 Å². The van der Waals surface area contributed by atoms with E-state index in [1.807, 2.05) is 30.3 Å². The zero-order valence-corrected chi connectivity index (χ0v) is 18.6. The van der Waals surface area contributed by atoms with Crippen LogP contribution in [0.3, 0.4) is 0 Å². The number of rotatable bonds is 5. The fourth-order valence-corrected chi connectivity index (χ4v) is 4.53. The van der Waals surface area contributed by atoms with Crippen LogP contribution >= 0.6 is 0 Å². The van der Waals surface area contributed by atoms with Crippen LogP contribution in [0.4, 0.5) is 11.4 Å². The second-order valence-corrected chi connectivity index (χ2v) is 8.65. The van der Waals surface area contributed by atoms with Gasteiger partial charge in [-0.2, -0.15) is 5.26 Å². The lowest BCUT2D eigenvalue weighted by atomic mass is 9.79. The molecular formula is C26H31N3O. The molecule has 0 unspecified atom stereocenters. The molecule has 4 nitrogen and oxygen atoms in total. The average molecular weight is 402 g/mol. The molecule has 2 aromatic rings. The van der Waals surface area contributed by atoms with Gasteiger partial charge >= 0.3 is 0 Å². The molecule has 0 fully saturated rings. The van der Waals surface area contributed by atoms with E-state index in [4.69, 9.17) is 0 Å². The summed E-state index contributed by atoms with van der Waals surface area (Å²) in [5.74, 6) is 0.0337. The van der Waals surface area contributed by atoms with Crippen molar-refractivity contribution in [2.45, 2.75) is 58.9 Å². The van der Waals surface area contributed by atoms with Crippen molar-refractivity contribution >= 4 is 23.4 Å². The van der Waals surface area contributed by atoms with Crippen LogP contribution in [0.25, 0.3) is 6.08 Å². The maximum absolute atomic E-state index is 12.6. The van der Waals surface area contributed by atoms with Crippen molar-refractivity contribution in [2.24, 2.45) is 0 Å². The Kier molecular flexibility index (Phi) is 6.31. The SMILES string of the molecule is CCc1ccc(NC(=O)/C(C#N)=C\c2ccc3c(c2)[C@@H](C)CC(C)(C)N3CC)cc1. The monoisotopic (exact) mass is 401 g/mol. The molecule has 1 atom stereocenters. The normalized spacial score (nSPS) is 17.8. The highest BCUT2D eigenvalue weighted by atomic mass is 16.1. The molecule has 1 N–H and O–H groups in total. The summed E-state index contributed by atoms with van der Waals surface area (Å²) in [4.78, 5) is 15.1. The summed E-state index contributed by atoms with van der Waals surface area (Å²) in [7, 11) is 0. The summed E-state index contributed by atoms with van der Waals surface area (Å²) in [5, 5.41) is 12.4. The predicted molar refractivity (Wildman–Crippen MR) is 125 cm³/mol. The number of fused-ring (bicyclic) bond motifs is 1. The van der Waals surface area contributed by atoms with E-state index in [9.17, 15) is 10.1 Å². The van der Waals surface area contributed by atoms with E-state index in [2.05, 4.69) is 63.0 Å². The Labute approximate surface area is 180 Å². The van der Waals surface area contributed by atoms with Crippen LogP contribution in [-0.4, -0.2) is 18.0 Å². The molecule has 2 aromatic carbocycles. The summed E-state index contributed by atoms with van der Waals surface area (Å²) in [5.41, 5.74) is 5.52. The number of nitrogens with zero attached hydrogens (tertiary/aromatic N) is 2. The van der Waals surface area contributed by atoms with Crippen LogP contribution in [0.2, 0.25) is 0 Å². The minimum absolute atomic E-state index is 0.102. The molecule has 1 amide bonds. The maximum Gasteiger partial charge on any atom is 0.266 e. The number of carbonyl (C=O) groups excluding carboxylic acids is 1.